The van der Waals surface area contributed by atoms with Crippen LogP contribution in [0.5, 0.6) is 0 Å². The molecule has 0 aliphatic rings. The van der Waals surface area contributed by atoms with Gasteiger partial charge in [0.15, 0.2) is 0 Å². The van der Waals surface area contributed by atoms with E-state index >= 15 is 0 Å². The molecule has 0 aromatic carbocycles. The van der Waals surface area contributed by atoms with Crippen LogP contribution >= 0.6 is 11.6 Å². The summed E-state index contributed by atoms with van der Waals surface area (Å²) >= 11 is 5.28. The van der Waals surface area contributed by atoms with Crippen LogP contribution in [0.4, 0.5) is 0 Å². The van der Waals surface area contributed by atoms with Crippen LogP contribution in [0.15, 0.2) is 48.6 Å². The molecule has 0 spiro atoms. The van der Waals surface area contributed by atoms with E-state index in [0.717, 1.165) is 32.1 Å². The average Bonchev–Trinajstić information content (AvgIpc) is 2.62. The first-order chi connectivity index (χ1) is 12.8. The van der Waals surface area contributed by atoms with E-state index in [-0.39, 0.29) is 5.24 Å². The van der Waals surface area contributed by atoms with Crippen molar-refractivity contribution in [2.45, 2.75) is 96.8 Å². The summed E-state index contributed by atoms with van der Waals surface area (Å²) in [5.41, 5.74) is 0. The lowest BCUT2D eigenvalue weighted by Gasteiger charge is -1.98. The maximum absolute atomic E-state index is 10.6. The van der Waals surface area contributed by atoms with Gasteiger partial charge in [-0.15, -0.1) is 0 Å². The molecule has 1 nitrogen and oxygen atoms in total. The SMILES string of the molecule is CCCCCCCCC/C=C\C/C=C\C/C=C\C/C=C\CCCC(=O)Cl. The minimum Gasteiger partial charge on any atom is -0.281 e. The van der Waals surface area contributed by atoms with Crippen LogP contribution < -0.4 is 0 Å². The van der Waals surface area contributed by atoms with Crippen molar-refractivity contribution >= 4 is 16.8 Å². The molecule has 0 heterocycles. The van der Waals surface area contributed by atoms with Gasteiger partial charge in [-0.25, -0.2) is 0 Å². The van der Waals surface area contributed by atoms with Crippen LogP contribution in [-0.2, 0) is 4.79 Å². The van der Waals surface area contributed by atoms with Crippen molar-refractivity contribution in [2.24, 2.45) is 0 Å². The highest BCUT2D eigenvalue weighted by Crippen LogP contribution is 2.08. The molecule has 0 aliphatic carbocycles. The first kappa shape index (κ1) is 24.9. The molecule has 0 bridgehead atoms. The molecular weight excluding hydrogens is 340 g/mol. The molecule has 0 N–H and O–H groups in total. The van der Waals surface area contributed by atoms with Crippen LogP contribution in [0.2, 0.25) is 0 Å². The molecule has 0 fully saturated rings. The predicted octanol–water partition coefficient (Wildman–Crippen LogP) is 8.46. The van der Waals surface area contributed by atoms with Gasteiger partial charge in [0.05, 0.1) is 0 Å². The van der Waals surface area contributed by atoms with E-state index in [9.17, 15) is 4.79 Å². The maximum Gasteiger partial charge on any atom is 0.221 e. The Morgan fingerprint density at radius 1 is 0.615 bits per heavy atom. The second-order valence-electron chi connectivity index (χ2n) is 6.75. The lowest BCUT2D eigenvalue weighted by Crippen LogP contribution is -1.83. The average molecular weight is 379 g/mol. The Balaban J connectivity index is 3.36. The maximum atomic E-state index is 10.6. The van der Waals surface area contributed by atoms with E-state index < -0.39 is 0 Å². The molecule has 148 valence electrons. The molecule has 0 aromatic rings. The zero-order valence-corrected chi connectivity index (χ0v) is 17.6. The Morgan fingerprint density at radius 2 is 1.04 bits per heavy atom. The Morgan fingerprint density at radius 3 is 1.54 bits per heavy atom. The number of carbonyl (C=O) groups is 1. The number of halogens is 1. The lowest BCUT2D eigenvalue weighted by atomic mass is 10.1. The monoisotopic (exact) mass is 378 g/mol. The van der Waals surface area contributed by atoms with E-state index in [0.29, 0.717) is 6.42 Å². The van der Waals surface area contributed by atoms with Crippen LogP contribution in [0.25, 0.3) is 0 Å². The zero-order chi connectivity index (χ0) is 19.1. The molecule has 0 rings (SSSR count). The molecular formula is C24H39ClO. The van der Waals surface area contributed by atoms with E-state index in [4.69, 9.17) is 11.6 Å². The summed E-state index contributed by atoms with van der Waals surface area (Å²) in [6, 6.07) is 0. The van der Waals surface area contributed by atoms with Crippen molar-refractivity contribution in [3.05, 3.63) is 48.6 Å². The zero-order valence-electron chi connectivity index (χ0n) is 16.8. The van der Waals surface area contributed by atoms with Crippen molar-refractivity contribution in [1.29, 1.82) is 0 Å². The van der Waals surface area contributed by atoms with E-state index in [1.807, 2.05) is 0 Å². The first-order valence-corrected chi connectivity index (χ1v) is 10.9. The van der Waals surface area contributed by atoms with Gasteiger partial charge in [-0.1, -0.05) is 94.1 Å². The third kappa shape index (κ3) is 22.9. The van der Waals surface area contributed by atoms with Crippen molar-refractivity contribution in [1.82, 2.24) is 0 Å². The largest absolute Gasteiger partial charge is 0.281 e. The third-order valence-electron chi connectivity index (χ3n) is 4.20. The summed E-state index contributed by atoms with van der Waals surface area (Å²) in [6.07, 6.45) is 33.9. The van der Waals surface area contributed by atoms with Crippen LogP contribution in [0, 0.1) is 0 Å². The van der Waals surface area contributed by atoms with Crippen LogP contribution in [0.3, 0.4) is 0 Å². The highest BCUT2D eigenvalue weighted by molar-refractivity contribution is 6.63. The predicted molar refractivity (Wildman–Crippen MR) is 118 cm³/mol. The summed E-state index contributed by atoms with van der Waals surface area (Å²) in [7, 11) is 0. The summed E-state index contributed by atoms with van der Waals surface area (Å²) in [5.74, 6) is 0. The van der Waals surface area contributed by atoms with Crippen molar-refractivity contribution in [2.75, 3.05) is 0 Å². The minimum atomic E-state index is -0.238. The Kier molecular flexibility index (Phi) is 21.0. The van der Waals surface area contributed by atoms with E-state index in [1.165, 1.54) is 51.4 Å². The highest BCUT2D eigenvalue weighted by Gasteiger charge is 1.92. The molecule has 0 aliphatic heterocycles. The minimum absolute atomic E-state index is 0.238. The van der Waals surface area contributed by atoms with Crippen LogP contribution in [-0.4, -0.2) is 5.24 Å². The molecule has 0 radical (unpaired) electrons. The third-order valence-corrected chi connectivity index (χ3v) is 4.39. The molecule has 0 atom stereocenters. The van der Waals surface area contributed by atoms with Gasteiger partial charge in [0.1, 0.15) is 0 Å². The fraction of sp³-hybridized carbons (Fsp3) is 0.625. The molecule has 26 heavy (non-hydrogen) atoms. The van der Waals surface area contributed by atoms with E-state index in [2.05, 4.69) is 55.5 Å². The number of hydrogen-bond acceptors (Lipinski definition) is 1. The summed E-state index contributed by atoms with van der Waals surface area (Å²) < 4.78 is 0. The normalized spacial score (nSPS) is 12.4. The van der Waals surface area contributed by atoms with Gasteiger partial charge in [0.25, 0.3) is 0 Å². The molecule has 2 heteroatoms. The number of hydrogen-bond donors (Lipinski definition) is 0. The van der Waals surface area contributed by atoms with Crippen molar-refractivity contribution in [3.8, 4) is 0 Å². The van der Waals surface area contributed by atoms with Crippen LogP contribution in [0.1, 0.15) is 96.8 Å². The Bertz CT molecular complexity index is 418. The number of rotatable bonds is 18. The summed E-state index contributed by atoms with van der Waals surface area (Å²) in [4.78, 5) is 10.6. The molecule has 0 aromatic heterocycles. The van der Waals surface area contributed by atoms with Gasteiger partial charge < -0.3 is 0 Å². The molecule has 0 unspecified atom stereocenters. The first-order valence-electron chi connectivity index (χ1n) is 10.6. The molecule has 0 amide bonds. The van der Waals surface area contributed by atoms with Crippen molar-refractivity contribution < 1.29 is 4.79 Å². The second kappa shape index (κ2) is 22.0. The topological polar surface area (TPSA) is 17.1 Å². The number of unbranched alkanes of at least 4 members (excludes halogenated alkanes) is 8. The lowest BCUT2D eigenvalue weighted by molar-refractivity contribution is -0.111. The van der Waals surface area contributed by atoms with Crippen molar-refractivity contribution in [3.63, 3.8) is 0 Å². The standard InChI is InChI=1S/C24H39ClO/c1-2-3-4-5-6-7-8-9-10-11-12-13-14-15-16-17-18-19-20-21-22-23-24(25)26/h10-11,13-14,16-17,19-20H,2-9,12,15,18,21-23H2,1H3/b11-10-,14-13-,17-16-,20-19-. The van der Waals surface area contributed by atoms with Gasteiger partial charge in [-0.05, 0) is 56.5 Å². The van der Waals surface area contributed by atoms with Gasteiger partial charge in [-0.3, -0.25) is 4.79 Å². The number of carbonyl (C=O) groups excluding carboxylic acids is 1. The quantitative estimate of drug-likeness (QED) is 0.133. The molecule has 0 saturated heterocycles. The second-order valence-corrected chi connectivity index (χ2v) is 7.17. The van der Waals surface area contributed by atoms with E-state index in [1.54, 1.807) is 0 Å². The Hall–Kier alpha value is -1.08. The molecule has 0 saturated carbocycles. The highest BCUT2D eigenvalue weighted by atomic mass is 35.5. The van der Waals surface area contributed by atoms with Gasteiger partial charge >= 0.3 is 0 Å². The Labute approximate surface area is 167 Å². The fourth-order valence-corrected chi connectivity index (χ4v) is 2.76. The summed E-state index contributed by atoms with van der Waals surface area (Å²) in [5, 5.41) is -0.238. The number of allylic oxidation sites excluding steroid dienone is 8. The van der Waals surface area contributed by atoms with Gasteiger partial charge in [-0.2, -0.15) is 0 Å². The summed E-state index contributed by atoms with van der Waals surface area (Å²) in [6.45, 7) is 2.27. The smallest absolute Gasteiger partial charge is 0.221 e. The van der Waals surface area contributed by atoms with Gasteiger partial charge in [0.2, 0.25) is 5.24 Å². The van der Waals surface area contributed by atoms with Gasteiger partial charge in [0, 0.05) is 6.42 Å². The fourth-order valence-electron chi connectivity index (χ4n) is 2.63.